The van der Waals surface area contributed by atoms with Crippen molar-refractivity contribution in [3.63, 3.8) is 0 Å². The van der Waals surface area contributed by atoms with Gasteiger partial charge in [0.15, 0.2) is 5.82 Å². The Labute approximate surface area is 131 Å². The second-order valence-electron chi connectivity index (χ2n) is 5.06. The molecule has 3 N–H and O–H groups in total. The predicted octanol–water partition coefficient (Wildman–Crippen LogP) is 1.08. The van der Waals surface area contributed by atoms with Crippen molar-refractivity contribution in [1.82, 2.24) is 10.2 Å². The van der Waals surface area contributed by atoms with Crippen LogP contribution in [0.25, 0.3) is 0 Å². The van der Waals surface area contributed by atoms with Gasteiger partial charge in [0.05, 0.1) is 17.0 Å². The number of aryl methyl sites for hydroxylation is 1. The van der Waals surface area contributed by atoms with Crippen LogP contribution in [-0.4, -0.2) is 41.7 Å². The first-order valence-corrected chi connectivity index (χ1v) is 9.28. The van der Waals surface area contributed by atoms with Crippen molar-refractivity contribution >= 4 is 32.9 Å². The lowest BCUT2D eigenvalue weighted by Crippen LogP contribution is -2.28. The van der Waals surface area contributed by atoms with Gasteiger partial charge in [-0.1, -0.05) is 26.1 Å². The SMILES string of the molecule is CCc1nnc(NC(C)CS(C)(=O)=O)c(C(N)=S)c1CC. The highest BCUT2D eigenvalue weighted by Gasteiger charge is 2.19. The highest BCUT2D eigenvalue weighted by atomic mass is 32.2. The summed E-state index contributed by atoms with van der Waals surface area (Å²) in [6.07, 6.45) is 2.68. The van der Waals surface area contributed by atoms with Crippen LogP contribution in [0.5, 0.6) is 0 Å². The number of anilines is 1. The first-order valence-electron chi connectivity index (χ1n) is 6.82. The summed E-state index contributed by atoms with van der Waals surface area (Å²) in [4.78, 5) is 0.241. The van der Waals surface area contributed by atoms with E-state index in [1.807, 2.05) is 13.8 Å². The van der Waals surface area contributed by atoms with E-state index in [0.29, 0.717) is 11.4 Å². The van der Waals surface area contributed by atoms with Crippen LogP contribution < -0.4 is 11.1 Å². The summed E-state index contributed by atoms with van der Waals surface area (Å²) in [5, 5.41) is 11.4. The molecule has 1 unspecified atom stereocenters. The van der Waals surface area contributed by atoms with Gasteiger partial charge in [0, 0.05) is 12.3 Å². The van der Waals surface area contributed by atoms with E-state index in [0.717, 1.165) is 24.1 Å². The van der Waals surface area contributed by atoms with E-state index in [9.17, 15) is 8.42 Å². The zero-order chi connectivity index (χ0) is 16.2. The number of hydrogen-bond donors (Lipinski definition) is 2. The van der Waals surface area contributed by atoms with Gasteiger partial charge in [0.2, 0.25) is 0 Å². The van der Waals surface area contributed by atoms with Crippen LogP contribution in [0.2, 0.25) is 0 Å². The third-order valence-electron chi connectivity index (χ3n) is 3.03. The molecule has 1 atom stereocenters. The Hall–Kier alpha value is -1.28. The highest BCUT2D eigenvalue weighted by molar-refractivity contribution is 7.90. The van der Waals surface area contributed by atoms with Gasteiger partial charge in [-0.25, -0.2) is 8.42 Å². The molecule has 0 spiro atoms. The van der Waals surface area contributed by atoms with Crippen molar-refractivity contribution in [2.45, 2.75) is 39.7 Å². The van der Waals surface area contributed by atoms with Gasteiger partial charge < -0.3 is 11.1 Å². The van der Waals surface area contributed by atoms with Crippen molar-refractivity contribution in [2.75, 3.05) is 17.3 Å². The minimum atomic E-state index is -3.08. The Bertz CT molecular complexity index is 629. The fourth-order valence-corrected chi connectivity index (χ4v) is 3.48. The van der Waals surface area contributed by atoms with Crippen LogP contribution in [0.15, 0.2) is 0 Å². The monoisotopic (exact) mass is 330 g/mol. The van der Waals surface area contributed by atoms with Gasteiger partial charge in [-0.2, -0.15) is 5.10 Å². The normalized spacial score (nSPS) is 13.0. The quantitative estimate of drug-likeness (QED) is 0.722. The number of aromatic nitrogens is 2. The van der Waals surface area contributed by atoms with Gasteiger partial charge in [-0.3, -0.25) is 0 Å². The Balaban J connectivity index is 3.21. The zero-order valence-electron chi connectivity index (χ0n) is 12.8. The molecule has 0 fully saturated rings. The van der Waals surface area contributed by atoms with Crippen molar-refractivity contribution in [1.29, 1.82) is 0 Å². The van der Waals surface area contributed by atoms with Crippen molar-refractivity contribution in [2.24, 2.45) is 5.73 Å². The molecular formula is C13H22N4O2S2. The first kappa shape index (κ1) is 17.8. The smallest absolute Gasteiger partial charge is 0.159 e. The summed E-state index contributed by atoms with van der Waals surface area (Å²) < 4.78 is 22.7. The van der Waals surface area contributed by atoms with Gasteiger partial charge in [0.1, 0.15) is 14.8 Å². The van der Waals surface area contributed by atoms with E-state index in [1.165, 1.54) is 6.26 Å². The second kappa shape index (κ2) is 7.13. The minimum absolute atomic E-state index is 0.00242. The van der Waals surface area contributed by atoms with E-state index in [2.05, 4.69) is 15.5 Å². The van der Waals surface area contributed by atoms with Crippen LogP contribution in [0.1, 0.15) is 37.6 Å². The summed E-state index contributed by atoms with van der Waals surface area (Å²) in [5.41, 5.74) is 8.32. The van der Waals surface area contributed by atoms with E-state index in [4.69, 9.17) is 18.0 Å². The maximum Gasteiger partial charge on any atom is 0.159 e. The molecule has 1 heterocycles. The topological polar surface area (TPSA) is 98.0 Å². The van der Waals surface area contributed by atoms with Crippen LogP contribution in [0.4, 0.5) is 5.82 Å². The van der Waals surface area contributed by atoms with Crippen LogP contribution in [-0.2, 0) is 22.7 Å². The van der Waals surface area contributed by atoms with E-state index in [1.54, 1.807) is 6.92 Å². The summed E-state index contributed by atoms with van der Waals surface area (Å²) in [6, 6.07) is -0.306. The zero-order valence-corrected chi connectivity index (χ0v) is 14.4. The third-order valence-corrected chi connectivity index (χ3v) is 4.34. The number of thiocarbonyl (C=S) groups is 1. The van der Waals surface area contributed by atoms with Crippen LogP contribution in [0, 0.1) is 0 Å². The molecule has 0 radical (unpaired) electrons. The van der Waals surface area contributed by atoms with Gasteiger partial charge in [-0.15, -0.1) is 5.10 Å². The lowest BCUT2D eigenvalue weighted by molar-refractivity contribution is 0.597. The Morgan fingerprint density at radius 1 is 1.33 bits per heavy atom. The molecule has 21 heavy (non-hydrogen) atoms. The number of nitrogens with two attached hydrogens (primary N) is 1. The van der Waals surface area contributed by atoms with Gasteiger partial charge >= 0.3 is 0 Å². The molecule has 0 amide bonds. The number of hydrogen-bond acceptors (Lipinski definition) is 6. The molecule has 0 saturated carbocycles. The Kier molecular flexibility index (Phi) is 6.03. The lowest BCUT2D eigenvalue weighted by atomic mass is 10.0. The number of nitrogens with one attached hydrogen (secondary N) is 1. The maximum atomic E-state index is 11.3. The molecule has 0 bridgehead atoms. The average Bonchev–Trinajstić information content (AvgIpc) is 2.35. The van der Waals surface area contributed by atoms with Crippen molar-refractivity contribution < 1.29 is 8.42 Å². The molecule has 1 rings (SSSR count). The number of rotatable bonds is 7. The molecule has 1 aromatic rings. The standard InChI is InChI=1S/C13H22N4O2S2/c1-5-9-10(6-2)16-17-13(11(9)12(14)20)15-8(3)7-21(4,18)19/h8H,5-7H2,1-4H3,(H2,14,20)(H,15,17). The molecule has 0 saturated heterocycles. The molecule has 118 valence electrons. The minimum Gasteiger partial charge on any atom is -0.389 e. The molecule has 6 nitrogen and oxygen atoms in total. The maximum absolute atomic E-state index is 11.3. The summed E-state index contributed by atoms with van der Waals surface area (Å²) in [6.45, 7) is 5.76. The molecule has 0 aliphatic heterocycles. The van der Waals surface area contributed by atoms with Gasteiger partial charge in [-0.05, 0) is 25.3 Å². The predicted molar refractivity (Wildman–Crippen MR) is 89.5 cm³/mol. The molecule has 0 aliphatic carbocycles. The summed E-state index contributed by atoms with van der Waals surface area (Å²) in [7, 11) is -3.08. The largest absolute Gasteiger partial charge is 0.389 e. The van der Waals surface area contributed by atoms with Crippen molar-refractivity contribution in [3.8, 4) is 0 Å². The fourth-order valence-electron chi connectivity index (χ4n) is 2.27. The molecule has 0 aliphatic rings. The number of nitrogens with zero attached hydrogens (tertiary/aromatic N) is 2. The van der Waals surface area contributed by atoms with Crippen molar-refractivity contribution in [3.05, 3.63) is 16.8 Å². The van der Waals surface area contributed by atoms with E-state index < -0.39 is 9.84 Å². The summed E-state index contributed by atoms with van der Waals surface area (Å²) >= 11 is 5.13. The van der Waals surface area contributed by atoms with Crippen LogP contribution in [0.3, 0.4) is 0 Å². The Morgan fingerprint density at radius 3 is 2.38 bits per heavy atom. The fraction of sp³-hybridized carbons (Fsp3) is 0.615. The van der Waals surface area contributed by atoms with Crippen LogP contribution >= 0.6 is 12.2 Å². The third kappa shape index (κ3) is 4.89. The molecular weight excluding hydrogens is 308 g/mol. The van der Waals surface area contributed by atoms with Gasteiger partial charge in [0.25, 0.3) is 0 Å². The van der Waals surface area contributed by atoms with E-state index >= 15 is 0 Å². The highest BCUT2D eigenvalue weighted by Crippen LogP contribution is 2.21. The Morgan fingerprint density at radius 2 is 1.95 bits per heavy atom. The molecule has 0 aromatic carbocycles. The molecule has 8 heteroatoms. The molecule has 1 aromatic heterocycles. The average molecular weight is 330 g/mol. The summed E-state index contributed by atoms with van der Waals surface area (Å²) in [5.74, 6) is 0.454. The lowest BCUT2D eigenvalue weighted by Gasteiger charge is -2.18. The first-order chi connectivity index (χ1) is 9.69. The van der Waals surface area contributed by atoms with E-state index in [-0.39, 0.29) is 16.8 Å². The second-order valence-corrected chi connectivity index (χ2v) is 7.68. The number of sulfone groups is 1.